The van der Waals surface area contributed by atoms with Crippen LogP contribution in [0.25, 0.3) is 27.6 Å². The summed E-state index contributed by atoms with van der Waals surface area (Å²) in [7, 11) is 1.50. The fourth-order valence-corrected chi connectivity index (χ4v) is 4.57. The molecule has 2 heterocycles. The number of amides is 1. The quantitative estimate of drug-likeness (QED) is 0.260. The number of benzene rings is 3. The van der Waals surface area contributed by atoms with Crippen molar-refractivity contribution in [2.45, 2.75) is 5.16 Å². The van der Waals surface area contributed by atoms with Crippen molar-refractivity contribution in [2.75, 3.05) is 18.2 Å². The first-order valence-corrected chi connectivity index (χ1v) is 11.5. The van der Waals surface area contributed by atoms with E-state index in [0.717, 1.165) is 34.8 Å². The van der Waals surface area contributed by atoms with E-state index in [2.05, 4.69) is 10.3 Å². The largest absolute Gasteiger partial charge is 0.495 e. The molecular formula is C25H18F2N4O3S. The molecule has 0 fully saturated rings. The van der Waals surface area contributed by atoms with Crippen molar-refractivity contribution in [2.24, 2.45) is 0 Å². The maximum absolute atomic E-state index is 13.9. The first-order valence-electron chi connectivity index (χ1n) is 10.5. The van der Waals surface area contributed by atoms with Crippen molar-refractivity contribution >= 4 is 45.3 Å². The Bertz CT molecular complexity index is 1650. The van der Waals surface area contributed by atoms with Crippen LogP contribution in [0.5, 0.6) is 5.75 Å². The van der Waals surface area contributed by atoms with Gasteiger partial charge in [-0.25, -0.2) is 18.3 Å². The highest BCUT2D eigenvalue weighted by atomic mass is 32.2. The molecule has 5 aromatic rings. The van der Waals surface area contributed by atoms with Crippen LogP contribution in [0.2, 0.25) is 0 Å². The molecule has 0 radical (unpaired) electrons. The monoisotopic (exact) mass is 492 g/mol. The van der Waals surface area contributed by atoms with Crippen LogP contribution >= 0.6 is 11.8 Å². The third-order valence-corrected chi connectivity index (χ3v) is 6.30. The number of carbonyl (C=O) groups excluding carboxylic acids is 1. The van der Waals surface area contributed by atoms with Crippen molar-refractivity contribution in [3.8, 4) is 11.4 Å². The molecule has 0 aliphatic heterocycles. The fraction of sp³-hybridized carbons (Fsp3) is 0.0800. The summed E-state index contributed by atoms with van der Waals surface area (Å²) in [4.78, 5) is 34.1. The second-order valence-corrected chi connectivity index (χ2v) is 8.50. The maximum atomic E-state index is 13.9. The number of anilines is 1. The van der Waals surface area contributed by atoms with Crippen LogP contribution in [0.15, 0.2) is 76.7 Å². The molecule has 176 valence electrons. The lowest BCUT2D eigenvalue weighted by molar-refractivity contribution is -0.113. The number of ether oxygens (including phenoxy) is 1. The van der Waals surface area contributed by atoms with E-state index in [0.29, 0.717) is 28.5 Å². The molecule has 2 N–H and O–H groups in total. The van der Waals surface area contributed by atoms with E-state index in [1.54, 1.807) is 24.3 Å². The van der Waals surface area contributed by atoms with E-state index < -0.39 is 17.5 Å². The van der Waals surface area contributed by atoms with Gasteiger partial charge in [0.05, 0.1) is 24.2 Å². The van der Waals surface area contributed by atoms with Gasteiger partial charge in [0, 0.05) is 17.0 Å². The number of hydrogen-bond donors (Lipinski definition) is 2. The number of carbonyl (C=O) groups is 1. The van der Waals surface area contributed by atoms with Gasteiger partial charge in [-0.15, -0.1) is 0 Å². The van der Waals surface area contributed by atoms with Crippen molar-refractivity contribution in [1.29, 1.82) is 0 Å². The van der Waals surface area contributed by atoms with Gasteiger partial charge in [-0.3, -0.25) is 9.59 Å². The van der Waals surface area contributed by atoms with Crippen LogP contribution < -0.4 is 15.6 Å². The molecule has 0 aliphatic carbocycles. The predicted octanol–water partition coefficient (Wildman–Crippen LogP) is 4.88. The van der Waals surface area contributed by atoms with Crippen molar-refractivity contribution in [3.05, 3.63) is 88.7 Å². The summed E-state index contributed by atoms with van der Waals surface area (Å²) >= 11 is 1.01. The van der Waals surface area contributed by atoms with E-state index in [4.69, 9.17) is 9.72 Å². The minimum Gasteiger partial charge on any atom is -0.495 e. The molecule has 5 rings (SSSR count). The Morgan fingerprint density at radius 2 is 1.89 bits per heavy atom. The van der Waals surface area contributed by atoms with E-state index in [1.165, 1.54) is 11.7 Å². The average molecular weight is 493 g/mol. The lowest BCUT2D eigenvalue weighted by atomic mass is 10.2. The Morgan fingerprint density at radius 1 is 1.11 bits per heavy atom. The molecule has 2 aromatic heterocycles. The van der Waals surface area contributed by atoms with Crippen LogP contribution in [0, 0.1) is 11.6 Å². The number of hydrogen-bond acceptors (Lipinski definition) is 5. The summed E-state index contributed by atoms with van der Waals surface area (Å²) < 4.78 is 33.9. The summed E-state index contributed by atoms with van der Waals surface area (Å²) in [5, 5.41) is 3.44. The maximum Gasteiger partial charge on any atom is 0.283 e. The fourth-order valence-electron chi connectivity index (χ4n) is 3.77. The first kappa shape index (κ1) is 22.6. The average Bonchev–Trinajstić information content (AvgIpc) is 3.24. The van der Waals surface area contributed by atoms with Gasteiger partial charge in [0.1, 0.15) is 28.4 Å². The normalized spacial score (nSPS) is 11.2. The molecule has 0 aliphatic rings. The van der Waals surface area contributed by atoms with Gasteiger partial charge in [0.15, 0.2) is 5.16 Å². The SMILES string of the molecule is COc1ccccc1-n1c(SCC(=O)Nc2ccc(F)cc2F)nc2c([nH]c3ccccc32)c1=O. The van der Waals surface area contributed by atoms with E-state index in [-0.39, 0.29) is 22.2 Å². The Balaban J connectivity index is 1.58. The van der Waals surface area contributed by atoms with Crippen molar-refractivity contribution in [3.63, 3.8) is 0 Å². The Hall–Kier alpha value is -4.18. The first-order chi connectivity index (χ1) is 17.0. The van der Waals surface area contributed by atoms with Crippen LogP contribution in [0.3, 0.4) is 0 Å². The minimum atomic E-state index is -0.882. The third kappa shape index (κ3) is 4.24. The molecule has 0 saturated heterocycles. The number of halogens is 2. The molecule has 0 bridgehead atoms. The molecule has 0 saturated carbocycles. The zero-order chi connectivity index (χ0) is 24.5. The smallest absolute Gasteiger partial charge is 0.283 e. The number of aromatic amines is 1. The Labute approximate surface area is 201 Å². The number of rotatable bonds is 6. The van der Waals surface area contributed by atoms with Gasteiger partial charge in [0.2, 0.25) is 5.91 Å². The molecule has 0 spiro atoms. The number of aromatic nitrogens is 3. The van der Waals surface area contributed by atoms with Crippen molar-refractivity contribution in [1.82, 2.24) is 14.5 Å². The number of methoxy groups -OCH3 is 1. The molecule has 10 heteroatoms. The minimum absolute atomic E-state index is 0.140. The number of thioether (sulfide) groups is 1. The molecule has 1 amide bonds. The summed E-state index contributed by atoms with van der Waals surface area (Å²) in [6.07, 6.45) is 0. The summed E-state index contributed by atoms with van der Waals surface area (Å²) in [6, 6.07) is 17.3. The molecule has 0 atom stereocenters. The second kappa shape index (κ2) is 9.22. The van der Waals surface area contributed by atoms with Crippen LogP contribution in [0.1, 0.15) is 0 Å². The van der Waals surface area contributed by atoms with Gasteiger partial charge >= 0.3 is 0 Å². The lowest BCUT2D eigenvalue weighted by Gasteiger charge is -2.15. The van der Waals surface area contributed by atoms with Gasteiger partial charge in [0.25, 0.3) is 5.56 Å². The van der Waals surface area contributed by atoms with Crippen LogP contribution in [0.4, 0.5) is 14.5 Å². The van der Waals surface area contributed by atoms with Crippen LogP contribution in [-0.4, -0.2) is 33.3 Å². The van der Waals surface area contributed by atoms with Gasteiger partial charge in [-0.1, -0.05) is 42.1 Å². The van der Waals surface area contributed by atoms with Gasteiger partial charge < -0.3 is 15.0 Å². The number of H-pyrrole nitrogens is 1. The Morgan fingerprint density at radius 3 is 2.69 bits per heavy atom. The van der Waals surface area contributed by atoms with Crippen molar-refractivity contribution < 1.29 is 18.3 Å². The molecule has 3 aromatic carbocycles. The highest BCUT2D eigenvalue weighted by Crippen LogP contribution is 2.29. The summed E-state index contributed by atoms with van der Waals surface area (Å²) in [5.41, 5.74) is 1.51. The number of fused-ring (bicyclic) bond motifs is 3. The molecule has 0 unspecified atom stereocenters. The number of para-hydroxylation sites is 3. The summed E-state index contributed by atoms with van der Waals surface area (Å²) in [6.45, 7) is 0. The zero-order valence-corrected chi connectivity index (χ0v) is 19.2. The van der Waals surface area contributed by atoms with Crippen LogP contribution in [-0.2, 0) is 4.79 Å². The van der Waals surface area contributed by atoms with E-state index in [1.807, 2.05) is 24.3 Å². The number of nitrogens with one attached hydrogen (secondary N) is 2. The zero-order valence-electron chi connectivity index (χ0n) is 18.3. The lowest BCUT2D eigenvalue weighted by Crippen LogP contribution is -2.23. The molecule has 7 nitrogen and oxygen atoms in total. The van der Waals surface area contributed by atoms with Gasteiger partial charge in [-0.2, -0.15) is 0 Å². The van der Waals surface area contributed by atoms with E-state index >= 15 is 0 Å². The number of nitrogens with zero attached hydrogens (tertiary/aromatic N) is 2. The second-order valence-electron chi connectivity index (χ2n) is 7.56. The topological polar surface area (TPSA) is 89.0 Å². The highest BCUT2D eigenvalue weighted by Gasteiger charge is 2.20. The molecular weight excluding hydrogens is 474 g/mol. The third-order valence-electron chi connectivity index (χ3n) is 5.36. The standard InChI is InChI=1S/C25H18F2N4O3S/c1-34-20-9-5-4-8-19(20)31-24(33)23-22(15-6-2-3-7-17(15)29-23)30-25(31)35-13-21(32)28-18-11-10-14(26)12-16(18)27/h2-12,29H,13H2,1H3,(H,28,32). The molecule has 35 heavy (non-hydrogen) atoms. The predicted molar refractivity (Wildman–Crippen MR) is 131 cm³/mol. The van der Waals surface area contributed by atoms with Gasteiger partial charge in [-0.05, 0) is 30.3 Å². The Kier molecular flexibility index (Phi) is 5.96. The van der Waals surface area contributed by atoms with E-state index in [9.17, 15) is 18.4 Å². The summed E-state index contributed by atoms with van der Waals surface area (Å²) in [5.74, 6) is -1.89. The highest BCUT2D eigenvalue weighted by molar-refractivity contribution is 7.99.